The minimum absolute atomic E-state index is 0.107. The van der Waals surface area contributed by atoms with E-state index in [-0.39, 0.29) is 17.6 Å². The van der Waals surface area contributed by atoms with Crippen LogP contribution in [0.3, 0.4) is 0 Å². The van der Waals surface area contributed by atoms with E-state index in [0.717, 1.165) is 19.5 Å². The lowest BCUT2D eigenvalue weighted by molar-refractivity contribution is -0.162. The zero-order valence-corrected chi connectivity index (χ0v) is 10.5. The minimum Gasteiger partial charge on any atom is -0.459 e. The van der Waals surface area contributed by atoms with Crippen LogP contribution in [0.4, 0.5) is 0 Å². The van der Waals surface area contributed by atoms with Crippen LogP contribution >= 0.6 is 0 Å². The Labute approximate surface area is 97.3 Å². The van der Waals surface area contributed by atoms with Crippen molar-refractivity contribution < 1.29 is 9.53 Å². The van der Waals surface area contributed by atoms with Gasteiger partial charge in [-0.05, 0) is 46.0 Å². The Hall–Kier alpha value is -0.610. The van der Waals surface area contributed by atoms with Gasteiger partial charge in [0.25, 0.3) is 0 Å². The van der Waals surface area contributed by atoms with Gasteiger partial charge >= 0.3 is 5.97 Å². The Bertz CT molecular complexity index is 261. The van der Waals surface area contributed by atoms with Crippen molar-refractivity contribution in [1.29, 1.82) is 0 Å². The van der Waals surface area contributed by atoms with Crippen LogP contribution in [0.2, 0.25) is 0 Å². The first-order valence-electron chi connectivity index (χ1n) is 6.18. The van der Waals surface area contributed by atoms with E-state index in [2.05, 4.69) is 10.4 Å². The number of fused-ring (bicyclic) bond motifs is 2. The maximum Gasteiger partial charge on any atom is 0.325 e. The molecule has 0 aromatic heterocycles. The molecule has 1 N–H and O–H groups in total. The second-order valence-electron chi connectivity index (χ2n) is 5.91. The lowest BCUT2D eigenvalue weighted by Crippen LogP contribution is -2.58. The van der Waals surface area contributed by atoms with Crippen molar-refractivity contribution in [3.63, 3.8) is 0 Å². The summed E-state index contributed by atoms with van der Waals surface area (Å²) in [7, 11) is 0. The van der Waals surface area contributed by atoms with Gasteiger partial charge in [0.2, 0.25) is 0 Å². The summed E-state index contributed by atoms with van der Waals surface area (Å²) < 4.78 is 5.41. The number of hydrogen-bond donors (Lipinski definition) is 1. The summed E-state index contributed by atoms with van der Waals surface area (Å²) in [6.45, 7) is 7.87. The first kappa shape index (κ1) is 11.9. The minimum atomic E-state index is -0.388. The lowest BCUT2D eigenvalue weighted by Gasteiger charge is -2.41. The molecule has 3 atom stereocenters. The Morgan fingerprint density at radius 1 is 1.44 bits per heavy atom. The molecule has 0 aromatic carbocycles. The van der Waals surface area contributed by atoms with E-state index < -0.39 is 0 Å². The van der Waals surface area contributed by atoms with Crippen molar-refractivity contribution in [2.75, 3.05) is 13.1 Å². The summed E-state index contributed by atoms with van der Waals surface area (Å²) in [5.41, 5.74) is 2.88. The van der Waals surface area contributed by atoms with Crippen LogP contribution in [0.5, 0.6) is 0 Å². The van der Waals surface area contributed by atoms with Gasteiger partial charge in [-0.3, -0.25) is 4.79 Å². The van der Waals surface area contributed by atoms with Crippen LogP contribution in [0.15, 0.2) is 0 Å². The number of esters is 1. The molecule has 0 aromatic rings. The molecule has 0 spiro atoms. The van der Waals surface area contributed by atoms with E-state index in [1.165, 1.54) is 12.8 Å². The predicted octanol–water partition coefficient (Wildman–Crippen LogP) is 1.32. The quantitative estimate of drug-likeness (QED) is 0.685. The Balaban J connectivity index is 1.92. The fourth-order valence-electron chi connectivity index (χ4n) is 2.50. The SMILES string of the molecule is CC(C)(C)OC(=O)C1CC2CCCN(C2)N1. The van der Waals surface area contributed by atoms with Crippen molar-refractivity contribution in [2.45, 2.75) is 51.7 Å². The molecular weight excluding hydrogens is 204 g/mol. The van der Waals surface area contributed by atoms with E-state index in [4.69, 9.17) is 4.74 Å². The molecule has 2 heterocycles. The highest BCUT2D eigenvalue weighted by atomic mass is 16.6. The summed E-state index contributed by atoms with van der Waals surface area (Å²) in [5.74, 6) is 0.552. The molecular formula is C12H22N2O2. The van der Waals surface area contributed by atoms with Crippen LogP contribution < -0.4 is 5.43 Å². The van der Waals surface area contributed by atoms with Gasteiger partial charge in [0.05, 0.1) is 0 Å². The first-order chi connectivity index (χ1) is 7.44. The molecule has 0 radical (unpaired) electrons. The average molecular weight is 226 g/mol. The Kier molecular flexibility index (Phi) is 3.22. The van der Waals surface area contributed by atoms with Crippen LogP contribution in [0, 0.1) is 5.92 Å². The lowest BCUT2D eigenvalue weighted by atomic mass is 9.90. The van der Waals surface area contributed by atoms with Gasteiger partial charge in [0.1, 0.15) is 11.6 Å². The second-order valence-corrected chi connectivity index (χ2v) is 5.91. The maximum atomic E-state index is 11.9. The van der Waals surface area contributed by atoms with Gasteiger partial charge in [-0.1, -0.05) is 0 Å². The number of carbonyl (C=O) groups excluding carboxylic acids is 1. The smallest absolute Gasteiger partial charge is 0.325 e. The zero-order valence-electron chi connectivity index (χ0n) is 10.5. The topological polar surface area (TPSA) is 41.6 Å². The number of ether oxygens (including phenoxy) is 1. The normalized spacial score (nSPS) is 34.6. The number of hydrogen-bond acceptors (Lipinski definition) is 4. The summed E-state index contributed by atoms with van der Waals surface area (Å²) in [6, 6.07) is -0.140. The molecule has 16 heavy (non-hydrogen) atoms. The van der Waals surface area contributed by atoms with Crippen molar-refractivity contribution in [3.05, 3.63) is 0 Å². The van der Waals surface area contributed by atoms with Crippen molar-refractivity contribution in [3.8, 4) is 0 Å². The van der Waals surface area contributed by atoms with Crippen molar-refractivity contribution in [2.24, 2.45) is 5.92 Å². The third-order valence-electron chi connectivity index (χ3n) is 3.12. The van der Waals surface area contributed by atoms with Crippen LogP contribution in [0.1, 0.15) is 40.0 Å². The molecule has 2 aliphatic heterocycles. The summed E-state index contributed by atoms with van der Waals surface area (Å²) >= 11 is 0. The van der Waals surface area contributed by atoms with E-state index in [1.807, 2.05) is 20.8 Å². The number of nitrogens with one attached hydrogen (secondary N) is 1. The van der Waals surface area contributed by atoms with Gasteiger partial charge in [-0.2, -0.15) is 0 Å². The second kappa shape index (κ2) is 4.34. The molecule has 0 saturated carbocycles. The number of rotatable bonds is 1. The van der Waals surface area contributed by atoms with Gasteiger partial charge in [-0.15, -0.1) is 0 Å². The van der Waals surface area contributed by atoms with Crippen LogP contribution in [-0.4, -0.2) is 35.7 Å². The number of hydrazine groups is 1. The van der Waals surface area contributed by atoms with Gasteiger partial charge in [0.15, 0.2) is 0 Å². The number of nitrogens with zero attached hydrogens (tertiary/aromatic N) is 1. The third-order valence-corrected chi connectivity index (χ3v) is 3.12. The van der Waals surface area contributed by atoms with Gasteiger partial charge in [-0.25, -0.2) is 10.4 Å². The van der Waals surface area contributed by atoms with Crippen LogP contribution in [0.25, 0.3) is 0 Å². The van der Waals surface area contributed by atoms with Crippen molar-refractivity contribution >= 4 is 5.97 Å². The van der Waals surface area contributed by atoms with Gasteiger partial charge < -0.3 is 4.74 Å². The van der Waals surface area contributed by atoms with Crippen LogP contribution in [-0.2, 0) is 9.53 Å². The Morgan fingerprint density at radius 2 is 2.19 bits per heavy atom. The van der Waals surface area contributed by atoms with E-state index in [0.29, 0.717) is 5.92 Å². The summed E-state index contributed by atoms with van der Waals surface area (Å²) in [6.07, 6.45) is 3.40. The molecule has 0 amide bonds. The molecule has 0 aliphatic carbocycles. The standard InChI is InChI=1S/C12H22N2O2/c1-12(2,3)16-11(15)10-7-9-5-4-6-14(8-9)13-10/h9-10,13H,4-8H2,1-3H3. The van der Waals surface area contributed by atoms with Gasteiger partial charge in [0, 0.05) is 13.1 Å². The Morgan fingerprint density at radius 3 is 2.81 bits per heavy atom. The van der Waals surface area contributed by atoms with E-state index in [9.17, 15) is 4.79 Å². The zero-order chi connectivity index (χ0) is 11.8. The molecule has 2 aliphatic rings. The van der Waals surface area contributed by atoms with E-state index >= 15 is 0 Å². The summed E-state index contributed by atoms with van der Waals surface area (Å²) in [5, 5.41) is 2.17. The highest BCUT2D eigenvalue weighted by molar-refractivity contribution is 5.76. The highest BCUT2D eigenvalue weighted by Crippen LogP contribution is 2.25. The average Bonchev–Trinajstić information content (AvgIpc) is 2.14. The molecule has 2 saturated heterocycles. The molecule has 4 nitrogen and oxygen atoms in total. The highest BCUT2D eigenvalue weighted by Gasteiger charge is 2.35. The molecule has 3 unspecified atom stereocenters. The predicted molar refractivity (Wildman–Crippen MR) is 61.7 cm³/mol. The fraction of sp³-hybridized carbons (Fsp3) is 0.917. The van der Waals surface area contributed by atoms with E-state index in [1.54, 1.807) is 0 Å². The molecule has 2 fully saturated rings. The molecule has 2 rings (SSSR count). The molecule has 2 bridgehead atoms. The molecule has 4 heteroatoms. The first-order valence-corrected chi connectivity index (χ1v) is 6.18. The maximum absolute atomic E-state index is 11.9. The van der Waals surface area contributed by atoms with Crippen molar-refractivity contribution in [1.82, 2.24) is 10.4 Å². The fourth-order valence-corrected chi connectivity index (χ4v) is 2.50. The number of piperidine rings is 1. The third kappa shape index (κ3) is 2.95. The molecule has 92 valence electrons. The summed E-state index contributed by atoms with van der Waals surface area (Å²) in [4.78, 5) is 11.9. The largest absolute Gasteiger partial charge is 0.459 e. The monoisotopic (exact) mass is 226 g/mol. The number of carbonyl (C=O) groups is 1.